The Bertz CT molecular complexity index is 1770. The largest absolute Gasteiger partial charge is 0.378 e. The van der Waals surface area contributed by atoms with Gasteiger partial charge in [0.2, 0.25) is 0 Å². The van der Waals surface area contributed by atoms with E-state index < -0.39 is 0 Å². The van der Waals surface area contributed by atoms with Crippen molar-refractivity contribution >= 4 is 38.0 Å². The Morgan fingerprint density at radius 3 is 2.57 bits per heavy atom. The topological polar surface area (TPSA) is 24.9 Å². The van der Waals surface area contributed by atoms with Crippen molar-refractivity contribution in [2.24, 2.45) is 0 Å². The molecule has 0 aliphatic heterocycles. The molecule has 1 aromatic heterocycles. The zero-order valence-corrected chi connectivity index (χ0v) is 20.5. The van der Waals surface area contributed by atoms with Gasteiger partial charge in [0.15, 0.2) is 0 Å². The molecule has 6 aromatic rings. The standard InChI is InChI=1S/C34H27FN2/c35-25-12-14-27-24(20-25)11-17-34(32(27)19-22-5-4-18-36-21-22)37-33-9-3-8-28-30-13-10-23-6-1-2-7-26(23)29(30)15-16-31(28)33/h1-2,4-7,10-18,20-21,33,37H,3,8-9,19H2. The minimum atomic E-state index is -0.207. The molecule has 7 rings (SSSR count). The first kappa shape index (κ1) is 22.0. The lowest BCUT2D eigenvalue weighted by Crippen LogP contribution is -2.18. The van der Waals surface area contributed by atoms with Gasteiger partial charge in [-0.3, -0.25) is 4.98 Å². The maximum atomic E-state index is 14.0. The lowest BCUT2D eigenvalue weighted by Gasteiger charge is -2.30. The lowest BCUT2D eigenvalue weighted by molar-refractivity contribution is 0.603. The number of hydrogen-bond donors (Lipinski definition) is 1. The molecule has 1 aliphatic carbocycles. The smallest absolute Gasteiger partial charge is 0.123 e. The van der Waals surface area contributed by atoms with E-state index in [9.17, 15) is 4.39 Å². The minimum Gasteiger partial charge on any atom is -0.378 e. The molecule has 1 unspecified atom stereocenters. The Hall–Kier alpha value is -4.24. The number of nitrogens with one attached hydrogen (secondary N) is 1. The molecule has 0 radical (unpaired) electrons. The summed E-state index contributed by atoms with van der Waals surface area (Å²) in [4.78, 5) is 4.32. The number of halogens is 1. The number of rotatable bonds is 4. The van der Waals surface area contributed by atoms with Crippen molar-refractivity contribution < 1.29 is 4.39 Å². The highest BCUT2D eigenvalue weighted by atomic mass is 19.1. The highest BCUT2D eigenvalue weighted by Gasteiger charge is 2.23. The number of pyridine rings is 1. The summed E-state index contributed by atoms with van der Waals surface area (Å²) in [6, 6.07) is 31.4. The second-order valence-corrected chi connectivity index (χ2v) is 10.1. The van der Waals surface area contributed by atoms with Gasteiger partial charge in [-0.05, 0) is 98.1 Å². The maximum absolute atomic E-state index is 14.0. The molecule has 5 aromatic carbocycles. The number of aromatic nitrogens is 1. The monoisotopic (exact) mass is 482 g/mol. The van der Waals surface area contributed by atoms with Crippen LogP contribution in [0.2, 0.25) is 0 Å². The molecule has 1 N–H and O–H groups in total. The van der Waals surface area contributed by atoms with Gasteiger partial charge in [-0.25, -0.2) is 4.39 Å². The number of aryl methyl sites for hydroxylation is 1. The molecule has 0 spiro atoms. The van der Waals surface area contributed by atoms with Crippen LogP contribution >= 0.6 is 0 Å². The fourth-order valence-corrected chi connectivity index (χ4v) is 6.15. The fraction of sp³-hybridized carbons (Fsp3) is 0.147. The van der Waals surface area contributed by atoms with Crippen molar-refractivity contribution in [3.63, 3.8) is 0 Å². The van der Waals surface area contributed by atoms with Crippen LogP contribution in [-0.2, 0) is 12.8 Å². The van der Waals surface area contributed by atoms with E-state index in [-0.39, 0.29) is 11.9 Å². The zero-order chi connectivity index (χ0) is 24.8. The van der Waals surface area contributed by atoms with E-state index >= 15 is 0 Å². The molecular weight excluding hydrogens is 455 g/mol. The lowest BCUT2D eigenvalue weighted by atomic mass is 9.83. The van der Waals surface area contributed by atoms with Crippen molar-refractivity contribution in [2.75, 3.05) is 5.32 Å². The first-order chi connectivity index (χ1) is 18.2. The van der Waals surface area contributed by atoms with Gasteiger partial charge in [0.1, 0.15) is 5.82 Å². The van der Waals surface area contributed by atoms with E-state index in [2.05, 4.69) is 71.0 Å². The van der Waals surface area contributed by atoms with Crippen LogP contribution in [0.4, 0.5) is 10.1 Å². The molecule has 1 atom stereocenters. The van der Waals surface area contributed by atoms with E-state index in [1.165, 1.54) is 38.2 Å². The second-order valence-electron chi connectivity index (χ2n) is 10.1. The Morgan fingerprint density at radius 2 is 1.65 bits per heavy atom. The number of fused-ring (bicyclic) bond motifs is 6. The van der Waals surface area contributed by atoms with Gasteiger partial charge in [-0.1, -0.05) is 66.7 Å². The number of benzene rings is 5. The van der Waals surface area contributed by atoms with Crippen LogP contribution in [0.3, 0.4) is 0 Å². The first-order valence-electron chi connectivity index (χ1n) is 13.0. The first-order valence-corrected chi connectivity index (χ1v) is 13.0. The average Bonchev–Trinajstić information content (AvgIpc) is 2.94. The van der Waals surface area contributed by atoms with Crippen molar-refractivity contribution in [3.05, 3.63) is 131 Å². The van der Waals surface area contributed by atoms with Gasteiger partial charge in [0.25, 0.3) is 0 Å². The molecule has 0 amide bonds. The van der Waals surface area contributed by atoms with Crippen molar-refractivity contribution in [1.82, 2.24) is 4.98 Å². The average molecular weight is 483 g/mol. The minimum absolute atomic E-state index is 0.207. The summed E-state index contributed by atoms with van der Waals surface area (Å²) in [5, 5.41) is 11.2. The highest BCUT2D eigenvalue weighted by Crippen LogP contribution is 2.40. The number of nitrogens with zero attached hydrogens (tertiary/aromatic N) is 1. The number of hydrogen-bond acceptors (Lipinski definition) is 2. The van der Waals surface area contributed by atoms with Crippen molar-refractivity contribution in [2.45, 2.75) is 31.7 Å². The maximum Gasteiger partial charge on any atom is 0.123 e. The van der Waals surface area contributed by atoms with Gasteiger partial charge in [0.05, 0.1) is 6.04 Å². The summed E-state index contributed by atoms with van der Waals surface area (Å²) in [5.74, 6) is -0.207. The van der Waals surface area contributed by atoms with Crippen LogP contribution in [0, 0.1) is 5.82 Å². The Kier molecular flexibility index (Phi) is 5.35. The summed E-state index contributed by atoms with van der Waals surface area (Å²) in [6.45, 7) is 0. The predicted molar refractivity (Wildman–Crippen MR) is 152 cm³/mol. The molecule has 0 fully saturated rings. The van der Waals surface area contributed by atoms with E-state index in [4.69, 9.17) is 0 Å². The Morgan fingerprint density at radius 1 is 0.784 bits per heavy atom. The molecule has 2 nitrogen and oxygen atoms in total. The predicted octanol–water partition coefficient (Wildman–Crippen LogP) is 8.76. The third-order valence-corrected chi connectivity index (χ3v) is 7.90. The Labute approximate surface area is 215 Å². The third-order valence-electron chi connectivity index (χ3n) is 7.90. The van der Waals surface area contributed by atoms with Crippen LogP contribution in [-0.4, -0.2) is 4.98 Å². The SMILES string of the molecule is Fc1ccc2c(Cc3cccnc3)c(NC3CCCc4c3ccc3c4ccc4ccccc43)ccc2c1. The van der Waals surface area contributed by atoms with E-state index in [0.717, 1.165) is 47.7 Å². The van der Waals surface area contributed by atoms with Crippen LogP contribution in [0.15, 0.2) is 103 Å². The molecule has 37 heavy (non-hydrogen) atoms. The summed E-state index contributed by atoms with van der Waals surface area (Å²) in [5.41, 5.74) is 6.29. The molecule has 1 heterocycles. The van der Waals surface area contributed by atoms with Crippen LogP contribution in [0.5, 0.6) is 0 Å². The fourth-order valence-electron chi connectivity index (χ4n) is 6.15. The second kappa shape index (κ2) is 9.01. The zero-order valence-electron chi connectivity index (χ0n) is 20.5. The van der Waals surface area contributed by atoms with E-state index in [1.807, 2.05) is 24.4 Å². The van der Waals surface area contributed by atoms with Crippen LogP contribution < -0.4 is 5.32 Å². The third kappa shape index (κ3) is 3.92. The Balaban J connectivity index is 1.33. The summed E-state index contributed by atoms with van der Waals surface area (Å²) >= 11 is 0. The molecule has 0 bridgehead atoms. The van der Waals surface area contributed by atoms with E-state index in [0.29, 0.717) is 0 Å². The van der Waals surface area contributed by atoms with Crippen LogP contribution in [0.1, 0.15) is 41.1 Å². The van der Waals surface area contributed by atoms with Gasteiger partial charge in [0, 0.05) is 24.5 Å². The van der Waals surface area contributed by atoms with Gasteiger partial charge in [-0.15, -0.1) is 0 Å². The van der Waals surface area contributed by atoms with Gasteiger partial charge >= 0.3 is 0 Å². The van der Waals surface area contributed by atoms with E-state index in [1.54, 1.807) is 18.3 Å². The van der Waals surface area contributed by atoms with Gasteiger partial charge < -0.3 is 5.32 Å². The molecule has 0 saturated carbocycles. The summed E-state index contributed by atoms with van der Waals surface area (Å²) in [7, 11) is 0. The van der Waals surface area contributed by atoms with Crippen LogP contribution in [0.25, 0.3) is 32.3 Å². The highest BCUT2D eigenvalue weighted by molar-refractivity contribution is 6.08. The molecule has 180 valence electrons. The quantitative estimate of drug-likeness (QED) is 0.254. The molecule has 0 saturated heterocycles. The molecule has 3 heteroatoms. The van der Waals surface area contributed by atoms with Gasteiger partial charge in [-0.2, -0.15) is 0 Å². The normalized spacial score (nSPS) is 15.2. The molecule has 1 aliphatic rings. The summed E-state index contributed by atoms with van der Waals surface area (Å²) < 4.78 is 14.0. The van der Waals surface area contributed by atoms with Crippen molar-refractivity contribution in [1.29, 1.82) is 0 Å². The van der Waals surface area contributed by atoms with Crippen molar-refractivity contribution in [3.8, 4) is 0 Å². The number of anilines is 1. The summed E-state index contributed by atoms with van der Waals surface area (Å²) in [6.07, 6.45) is 7.78. The molecular formula is C34H27FN2.